The average molecular weight is 320 g/mol. The Balaban J connectivity index is 2.16. The van der Waals surface area contributed by atoms with Crippen LogP contribution >= 0.6 is 0 Å². The van der Waals surface area contributed by atoms with Crippen molar-refractivity contribution in [3.05, 3.63) is 42.5 Å². The van der Waals surface area contributed by atoms with E-state index in [9.17, 15) is 13.2 Å². The third-order valence-electron chi connectivity index (χ3n) is 2.76. The van der Waals surface area contributed by atoms with Gasteiger partial charge in [-0.1, -0.05) is 6.92 Å². The number of aryl methyl sites for hydroxylation is 1. The number of amides is 1. The molecule has 7 nitrogen and oxygen atoms in total. The number of carbonyl (C=O) groups excluding carboxylic acids is 1. The van der Waals surface area contributed by atoms with E-state index in [1.165, 1.54) is 43.6 Å². The quantitative estimate of drug-likeness (QED) is 0.874. The van der Waals surface area contributed by atoms with Gasteiger partial charge < -0.3 is 5.32 Å². The van der Waals surface area contributed by atoms with Crippen LogP contribution in [0.3, 0.4) is 0 Å². The molecule has 0 saturated heterocycles. The standard InChI is InChI=1S/C14H16N4O3S/c1-3-14-15-8-12(9-16-14)18-22(20,21)13-6-4-11(5-7-13)17-10(2)19/h4-9,18H,3H2,1-2H3,(H,17,19). The van der Waals surface area contributed by atoms with Gasteiger partial charge in [-0.3, -0.25) is 9.52 Å². The Hall–Kier alpha value is -2.48. The summed E-state index contributed by atoms with van der Waals surface area (Å²) in [4.78, 5) is 19.1. The van der Waals surface area contributed by atoms with E-state index in [1.54, 1.807) is 0 Å². The van der Waals surface area contributed by atoms with E-state index in [0.717, 1.165) is 0 Å². The smallest absolute Gasteiger partial charge is 0.261 e. The van der Waals surface area contributed by atoms with Crippen LogP contribution in [0.15, 0.2) is 41.6 Å². The molecular formula is C14H16N4O3S. The molecule has 0 fully saturated rings. The van der Waals surface area contributed by atoms with Gasteiger partial charge in [-0.05, 0) is 24.3 Å². The molecule has 0 saturated carbocycles. The van der Waals surface area contributed by atoms with E-state index >= 15 is 0 Å². The van der Waals surface area contributed by atoms with Gasteiger partial charge >= 0.3 is 0 Å². The van der Waals surface area contributed by atoms with Crippen LogP contribution in [0, 0.1) is 0 Å². The lowest BCUT2D eigenvalue weighted by Crippen LogP contribution is -2.14. The van der Waals surface area contributed by atoms with Crippen molar-refractivity contribution in [2.75, 3.05) is 10.0 Å². The Morgan fingerprint density at radius 1 is 1.09 bits per heavy atom. The Bertz CT molecular complexity index is 756. The maximum Gasteiger partial charge on any atom is 0.261 e. The van der Waals surface area contributed by atoms with Crippen LogP contribution in [-0.2, 0) is 21.2 Å². The van der Waals surface area contributed by atoms with Crippen LogP contribution in [0.5, 0.6) is 0 Å². The Morgan fingerprint density at radius 2 is 1.68 bits per heavy atom. The minimum absolute atomic E-state index is 0.0844. The zero-order valence-electron chi connectivity index (χ0n) is 12.2. The number of aromatic nitrogens is 2. The summed E-state index contributed by atoms with van der Waals surface area (Å²) in [5, 5.41) is 2.57. The zero-order valence-corrected chi connectivity index (χ0v) is 13.0. The van der Waals surface area contributed by atoms with Crippen molar-refractivity contribution in [1.82, 2.24) is 9.97 Å². The zero-order chi connectivity index (χ0) is 16.2. The molecule has 1 heterocycles. The Kier molecular flexibility index (Phi) is 4.71. The lowest BCUT2D eigenvalue weighted by atomic mass is 10.3. The molecule has 0 aliphatic carbocycles. The van der Waals surface area contributed by atoms with Gasteiger partial charge in [-0.25, -0.2) is 18.4 Å². The molecule has 0 unspecified atom stereocenters. The second-order valence-electron chi connectivity index (χ2n) is 4.55. The van der Waals surface area contributed by atoms with E-state index < -0.39 is 10.0 Å². The van der Waals surface area contributed by atoms with E-state index in [-0.39, 0.29) is 10.8 Å². The molecule has 1 amide bonds. The first-order chi connectivity index (χ1) is 10.4. The van der Waals surface area contributed by atoms with Crippen LogP contribution in [0.4, 0.5) is 11.4 Å². The molecule has 1 aromatic carbocycles. The molecule has 0 aliphatic rings. The second kappa shape index (κ2) is 6.52. The summed E-state index contributed by atoms with van der Waals surface area (Å²) >= 11 is 0. The molecule has 2 aromatic rings. The Morgan fingerprint density at radius 3 is 2.18 bits per heavy atom. The largest absolute Gasteiger partial charge is 0.326 e. The van der Waals surface area contributed by atoms with Gasteiger partial charge in [-0.2, -0.15) is 0 Å². The minimum Gasteiger partial charge on any atom is -0.326 e. The second-order valence-corrected chi connectivity index (χ2v) is 6.23. The van der Waals surface area contributed by atoms with Crippen LogP contribution in [-0.4, -0.2) is 24.3 Å². The normalized spacial score (nSPS) is 11.0. The summed E-state index contributed by atoms with van der Waals surface area (Å²) in [5.74, 6) is 0.421. The highest BCUT2D eigenvalue weighted by molar-refractivity contribution is 7.92. The number of sulfonamides is 1. The molecule has 8 heteroatoms. The van der Waals surface area contributed by atoms with Crippen LogP contribution in [0.1, 0.15) is 19.7 Å². The monoisotopic (exact) mass is 320 g/mol. The number of hydrogen-bond acceptors (Lipinski definition) is 5. The first-order valence-corrected chi connectivity index (χ1v) is 8.10. The fourth-order valence-corrected chi connectivity index (χ4v) is 2.75. The summed E-state index contributed by atoms with van der Waals surface area (Å²) in [6.07, 6.45) is 3.53. The average Bonchev–Trinajstić information content (AvgIpc) is 2.47. The van der Waals surface area contributed by atoms with Crippen LogP contribution in [0.25, 0.3) is 0 Å². The number of anilines is 2. The predicted octanol–water partition coefficient (Wildman–Crippen LogP) is 1.80. The summed E-state index contributed by atoms with van der Waals surface area (Å²) in [6.45, 7) is 3.29. The van der Waals surface area contributed by atoms with E-state index in [0.29, 0.717) is 23.6 Å². The number of nitrogens with one attached hydrogen (secondary N) is 2. The topological polar surface area (TPSA) is 101 Å². The van der Waals surface area contributed by atoms with Crippen molar-refractivity contribution < 1.29 is 13.2 Å². The van der Waals surface area contributed by atoms with Crippen molar-refractivity contribution in [1.29, 1.82) is 0 Å². The third-order valence-corrected chi connectivity index (χ3v) is 4.16. The molecule has 116 valence electrons. The molecule has 0 aliphatic heterocycles. The predicted molar refractivity (Wildman–Crippen MR) is 83.0 cm³/mol. The third kappa shape index (κ3) is 4.01. The summed E-state index contributed by atoms with van der Waals surface area (Å²) in [6, 6.07) is 5.86. The first-order valence-electron chi connectivity index (χ1n) is 6.62. The van der Waals surface area contributed by atoms with E-state index in [2.05, 4.69) is 20.0 Å². The van der Waals surface area contributed by atoms with Crippen LogP contribution in [0.2, 0.25) is 0 Å². The molecule has 22 heavy (non-hydrogen) atoms. The molecule has 0 atom stereocenters. The highest BCUT2D eigenvalue weighted by Gasteiger charge is 2.14. The van der Waals surface area contributed by atoms with Crippen molar-refractivity contribution in [3.8, 4) is 0 Å². The highest BCUT2D eigenvalue weighted by Crippen LogP contribution is 2.17. The van der Waals surface area contributed by atoms with E-state index in [4.69, 9.17) is 0 Å². The van der Waals surface area contributed by atoms with Gasteiger partial charge in [0.1, 0.15) is 5.82 Å². The lowest BCUT2D eigenvalue weighted by molar-refractivity contribution is -0.114. The number of nitrogens with zero attached hydrogens (tertiary/aromatic N) is 2. The molecule has 2 rings (SSSR count). The molecule has 0 radical (unpaired) electrons. The fourth-order valence-electron chi connectivity index (χ4n) is 1.72. The van der Waals surface area contributed by atoms with Crippen LogP contribution < -0.4 is 10.0 Å². The molecular weight excluding hydrogens is 304 g/mol. The van der Waals surface area contributed by atoms with Gasteiger partial charge in [0.05, 0.1) is 23.0 Å². The van der Waals surface area contributed by atoms with Crippen molar-refractivity contribution in [2.24, 2.45) is 0 Å². The van der Waals surface area contributed by atoms with Gasteiger partial charge in [0.2, 0.25) is 5.91 Å². The molecule has 0 spiro atoms. The summed E-state index contributed by atoms with van der Waals surface area (Å²) in [5.41, 5.74) is 0.824. The molecule has 0 bridgehead atoms. The van der Waals surface area contributed by atoms with Crippen molar-refractivity contribution >= 4 is 27.3 Å². The SMILES string of the molecule is CCc1ncc(NS(=O)(=O)c2ccc(NC(C)=O)cc2)cn1. The van der Waals surface area contributed by atoms with Gasteiger partial charge in [0, 0.05) is 19.0 Å². The van der Waals surface area contributed by atoms with E-state index in [1.807, 2.05) is 6.92 Å². The summed E-state index contributed by atoms with van der Waals surface area (Å²) in [7, 11) is -3.72. The minimum atomic E-state index is -3.72. The number of carbonyl (C=O) groups is 1. The number of benzene rings is 1. The maximum atomic E-state index is 12.2. The van der Waals surface area contributed by atoms with Crippen molar-refractivity contribution in [3.63, 3.8) is 0 Å². The molecule has 2 N–H and O–H groups in total. The lowest BCUT2D eigenvalue weighted by Gasteiger charge is -2.08. The van der Waals surface area contributed by atoms with Gasteiger partial charge in [0.15, 0.2) is 0 Å². The fraction of sp³-hybridized carbons (Fsp3) is 0.214. The molecule has 1 aromatic heterocycles. The van der Waals surface area contributed by atoms with Gasteiger partial charge in [-0.15, -0.1) is 0 Å². The number of rotatable bonds is 5. The van der Waals surface area contributed by atoms with Gasteiger partial charge in [0.25, 0.3) is 10.0 Å². The number of hydrogen-bond donors (Lipinski definition) is 2. The maximum absolute atomic E-state index is 12.2. The first kappa shape index (κ1) is 15.9. The Labute approximate surface area is 128 Å². The van der Waals surface area contributed by atoms with Crippen molar-refractivity contribution in [2.45, 2.75) is 25.2 Å². The summed E-state index contributed by atoms with van der Waals surface area (Å²) < 4.78 is 26.9. The highest BCUT2D eigenvalue weighted by atomic mass is 32.2.